The Balaban J connectivity index is 1.61. The van der Waals surface area contributed by atoms with Gasteiger partial charge in [-0.15, -0.1) is 10.2 Å². The molecule has 3 rings (SSSR count). The van der Waals surface area contributed by atoms with Crippen LogP contribution in [0.1, 0.15) is 31.2 Å². The summed E-state index contributed by atoms with van der Waals surface area (Å²) in [6, 6.07) is 11.4. The topological polar surface area (TPSA) is 85.8 Å². The van der Waals surface area contributed by atoms with Gasteiger partial charge in [-0.1, -0.05) is 31.2 Å². The smallest absolute Gasteiger partial charge is 0.244 e. The Kier molecular flexibility index (Phi) is 4.69. The van der Waals surface area contributed by atoms with Crippen molar-refractivity contribution in [1.82, 2.24) is 25.5 Å². The molecule has 1 amide bonds. The maximum Gasteiger partial charge on any atom is 0.244 e. The number of aryl methyl sites for hydroxylation is 1. The van der Waals surface area contributed by atoms with Crippen LogP contribution in [-0.4, -0.2) is 26.1 Å². The molecule has 1 atom stereocenters. The maximum atomic E-state index is 12.1. The van der Waals surface area contributed by atoms with Crippen LogP contribution in [0, 0.1) is 0 Å². The van der Waals surface area contributed by atoms with Crippen LogP contribution in [-0.2, 0) is 17.8 Å². The molecule has 0 aliphatic rings. The average Bonchev–Trinajstić information content (AvgIpc) is 3.26. The largest absolute Gasteiger partial charge is 0.467 e. The van der Waals surface area contributed by atoms with E-state index in [9.17, 15) is 4.79 Å². The Hall–Kier alpha value is -2.96. The number of amides is 1. The van der Waals surface area contributed by atoms with E-state index in [1.807, 2.05) is 37.3 Å². The van der Waals surface area contributed by atoms with Gasteiger partial charge in [-0.3, -0.25) is 4.79 Å². The highest BCUT2D eigenvalue weighted by Crippen LogP contribution is 2.15. The first-order valence-electron chi connectivity index (χ1n) is 7.85. The van der Waals surface area contributed by atoms with Crippen LogP contribution in [0.25, 0.3) is 11.4 Å². The molecule has 0 saturated carbocycles. The lowest BCUT2D eigenvalue weighted by Crippen LogP contribution is -2.30. The SMILES string of the molecule is CCc1ccc(-c2nnn(CC(=O)NC(C)c3ccco3)n2)cc1. The number of carbonyl (C=O) groups is 1. The molecule has 1 unspecified atom stereocenters. The monoisotopic (exact) mass is 325 g/mol. The fraction of sp³-hybridized carbons (Fsp3) is 0.294. The van der Waals surface area contributed by atoms with Crippen LogP contribution >= 0.6 is 0 Å². The number of tetrazole rings is 1. The van der Waals surface area contributed by atoms with Gasteiger partial charge in [0.25, 0.3) is 0 Å². The first-order valence-corrected chi connectivity index (χ1v) is 7.85. The number of nitrogens with one attached hydrogen (secondary N) is 1. The second-order valence-corrected chi connectivity index (χ2v) is 5.50. The average molecular weight is 325 g/mol. The fourth-order valence-electron chi connectivity index (χ4n) is 2.34. The van der Waals surface area contributed by atoms with E-state index in [1.165, 1.54) is 10.4 Å². The highest BCUT2D eigenvalue weighted by molar-refractivity contribution is 5.75. The number of hydrogen-bond donors (Lipinski definition) is 1. The van der Waals surface area contributed by atoms with E-state index in [0.717, 1.165) is 12.0 Å². The zero-order valence-electron chi connectivity index (χ0n) is 13.6. The number of nitrogens with zero attached hydrogens (tertiary/aromatic N) is 4. The standard InChI is InChI=1S/C17H19N5O2/c1-3-13-6-8-14(9-7-13)17-19-21-22(20-17)11-16(23)18-12(2)15-5-4-10-24-15/h4-10,12H,3,11H2,1-2H3,(H,18,23). The van der Waals surface area contributed by atoms with Gasteiger partial charge in [-0.2, -0.15) is 4.80 Å². The second kappa shape index (κ2) is 7.08. The van der Waals surface area contributed by atoms with Crippen LogP contribution in [0.4, 0.5) is 0 Å². The number of rotatable bonds is 6. The van der Waals surface area contributed by atoms with Gasteiger partial charge in [0.15, 0.2) is 0 Å². The van der Waals surface area contributed by atoms with Gasteiger partial charge in [0.2, 0.25) is 11.7 Å². The minimum atomic E-state index is -0.211. The summed E-state index contributed by atoms with van der Waals surface area (Å²) < 4.78 is 5.26. The van der Waals surface area contributed by atoms with E-state index in [0.29, 0.717) is 11.6 Å². The van der Waals surface area contributed by atoms with Crippen molar-refractivity contribution in [3.05, 3.63) is 54.0 Å². The first kappa shape index (κ1) is 15.9. The molecule has 0 aliphatic heterocycles. The predicted molar refractivity (Wildman–Crippen MR) is 87.9 cm³/mol. The molecule has 124 valence electrons. The van der Waals surface area contributed by atoms with E-state index in [4.69, 9.17) is 4.42 Å². The summed E-state index contributed by atoms with van der Waals surface area (Å²) in [6.45, 7) is 3.96. The lowest BCUT2D eigenvalue weighted by molar-refractivity contribution is -0.122. The molecule has 1 N–H and O–H groups in total. The Morgan fingerprint density at radius 1 is 1.29 bits per heavy atom. The second-order valence-electron chi connectivity index (χ2n) is 5.50. The summed E-state index contributed by atoms with van der Waals surface area (Å²) in [7, 11) is 0. The summed E-state index contributed by atoms with van der Waals surface area (Å²) in [4.78, 5) is 13.4. The van der Waals surface area contributed by atoms with Crippen molar-refractivity contribution in [3.63, 3.8) is 0 Å². The van der Waals surface area contributed by atoms with Crippen LogP contribution in [0.5, 0.6) is 0 Å². The zero-order chi connectivity index (χ0) is 16.9. The summed E-state index contributed by atoms with van der Waals surface area (Å²) in [6.07, 6.45) is 2.56. The van der Waals surface area contributed by atoms with E-state index in [1.54, 1.807) is 12.3 Å². The molecule has 3 aromatic rings. The normalized spacial score (nSPS) is 12.1. The Labute approximate surface area is 139 Å². The molecule has 0 bridgehead atoms. The van der Waals surface area contributed by atoms with Crippen molar-refractivity contribution in [1.29, 1.82) is 0 Å². The van der Waals surface area contributed by atoms with Gasteiger partial charge in [-0.25, -0.2) is 0 Å². The molecular weight excluding hydrogens is 306 g/mol. The van der Waals surface area contributed by atoms with Gasteiger partial charge in [-0.05, 0) is 36.3 Å². The number of hydrogen-bond acceptors (Lipinski definition) is 5. The zero-order valence-corrected chi connectivity index (χ0v) is 13.6. The number of aromatic nitrogens is 4. The summed E-state index contributed by atoms with van der Waals surface area (Å²) in [5.74, 6) is 1.00. The maximum absolute atomic E-state index is 12.1. The van der Waals surface area contributed by atoms with Crippen molar-refractivity contribution in [2.24, 2.45) is 0 Å². The molecule has 0 radical (unpaired) electrons. The van der Waals surface area contributed by atoms with Crippen LogP contribution in [0.15, 0.2) is 47.1 Å². The van der Waals surface area contributed by atoms with E-state index in [-0.39, 0.29) is 18.5 Å². The molecule has 0 saturated heterocycles. The van der Waals surface area contributed by atoms with Crippen molar-refractivity contribution in [2.45, 2.75) is 32.9 Å². The third-order valence-electron chi connectivity index (χ3n) is 3.71. The Morgan fingerprint density at radius 2 is 2.08 bits per heavy atom. The summed E-state index contributed by atoms with van der Waals surface area (Å²) in [5, 5.41) is 15.0. The molecule has 0 spiro atoms. The predicted octanol–water partition coefficient (Wildman–Crippen LogP) is 2.37. The number of furan rings is 1. The summed E-state index contributed by atoms with van der Waals surface area (Å²) in [5.41, 5.74) is 2.13. The Morgan fingerprint density at radius 3 is 2.75 bits per heavy atom. The molecule has 7 nitrogen and oxygen atoms in total. The van der Waals surface area contributed by atoms with Gasteiger partial charge in [0.1, 0.15) is 12.3 Å². The van der Waals surface area contributed by atoms with Gasteiger partial charge < -0.3 is 9.73 Å². The van der Waals surface area contributed by atoms with Crippen molar-refractivity contribution in [2.75, 3.05) is 0 Å². The molecule has 2 aromatic heterocycles. The van der Waals surface area contributed by atoms with Crippen LogP contribution < -0.4 is 5.32 Å². The van der Waals surface area contributed by atoms with Crippen molar-refractivity contribution >= 4 is 5.91 Å². The summed E-state index contributed by atoms with van der Waals surface area (Å²) >= 11 is 0. The fourth-order valence-corrected chi connectivity index (χ4v) is 2.34. The van der Waals surface area contributed by atoms with Gasteiger partial charge in [0, 0.05) is 5.56 Å². The highest BCUT2D eigenvalue weighted by Gasteiger charge is 2.14. The van der Waals surface area contributed by atoms with Crippen molar-refractivity contribution < 1.29 is 9.21 Å². The molecule has 7 heteroatoms. The number of carbonyl (C=O) groups excluding carboxylic acids is 1. The minimum absolute atomic E-state index is 0.00505. The Bertz CT molecular complexity index is 793. The first-order chi connectivity index (χ1) is 11.7. The lowest BCUT2D eigenvalue weighted by atomic mass is 10.1. The van der Waals surface area contributed by atoms with Gasteiger partial charge >= 0.3 is 0 Å². The van der Waals surface area contributed by atoms with Crippen molar-refractivity contribution in [3.8, 4) is 11.4 Å². The third-order valence-corrected chi connectivity index (χ3v) is 3.71. The molecule has 1 aromatic carbocycles. The molecule has 0 aliphatic carbocycles. The van der Waals surface area contributed by atoms with Crippen LogP contribution in [0.2, 0.25) is 0 Å². The molecule has 0 fully saturated rings. The molecule has 2 heterocycles. The highest BCUT2D eigenvalue weighted by atomic mass is 16.3. The lowest BCUT2D eigenvalue weighted by Gasteiger charge is -2.10. The van der Waals surface area contributed by atoms with Gasteiger partial charge in [0.05, 0.1) is 12.3 Å². The molecule has 24 heavy (non-hydrogen) atoms. The third kappa shape index (κ3) is 3.68. The van der Waals surface area contributed by atoms with E-state index >= 15 is 0 Å². The van der Waals surface area contributed by atoms with E-state index in [2.05, 4.69) is 27.7 Å². The number of benzene rings is 1. The van der Waals surface area contributed by atoms with Crippen LogP contribution in [0.3, 0.4) is 0 Å². The minimum Gasteiger partial charge on any atom is -0.467 e. The quantitative estimate of drug-likeness (QED) is 0.752. The van der Waals surface area contributed by atoms with E-state index < -0.39 is 0 Å². The molecular formula is C17H19N5O2.